The molecule has 6 nitrogen and oxygen atoms in total. The number of carbonyl (C=O) groups excluding carboxylic acids is 2. The highest BCUT2D eigenvalue weighted by molar-refractivity contribution is 6.35. The molecule has 0 spiro atoms. The quantitative estimate of drug-likeness (QED) is 0.530. The third-order valence-electron chi connectivity index (χ3n) is 6.25. The van der Waals surface area contributed by atoms with E-state index in [1.807, 2.05) is 12.1 Å². The maximum absolute atomic E-state index is 12.4. The van der Waals surface area contributed by atoms with Crippen LogP contribution in [0.4, 0.5) is 0 Å². The maximum Gasteiger partial charge on any atom is 0.309 e. The number of carbonyl (C=O) groups is 2. The van der Waals surface area contributed by atoms with Gasteiger partial charge in [-0.1, -0.05) is 35.9 Å². The lowest BCUT2D eigenvalue weighted by molar-refractivity contribution is -0.139. The number of hydrogen-bond acceptors (Lipinski definition) is 4. The Bertz CT molecular complexity index is 920. The van der Waals surface area contributed by atoms with Crippen LogP contribution in [0.15, 0.2) is 58.7 Å². The van der Waals surface area contributed by atoms with Crippen LogP contribution in [-0.2, 0) is 22.6 Å². The fourth-order valence-corrected chi connectivity index (χ4v) is 4.49. The van der Waals surface area contributed by atoms with E-state index in [0.29, 0.717) is 13.1 Å². The van der Waals surface area contributed by atoms with Gasteiger partial charge in [-0.2, -0.15) is 0 Å². The van der Waals surface area contributed by atoms with Crippen LogP contribution in [0.2, 0.25) is 0 Å². The summed E-state index contributed by atoms with van der Waals surface area (Å²) in [6.45, 7) is 2.49. The van der Waals surface area contributed by atoms with E-state index in [-0.39, 0.29) is 6.04 Å². The lowest BCUT2D eigenvalue weighted by Gasteiger charge is -2.34. The highest BCUT2D eigenvalue weighted by Gasteiger charge is 2.27. The largest absolute Gasteiger partial charge is 0.468 e. The van der Waals surface area contributed by atoms with Gasteiger partial charge in [0.05, 0.1) is 12.3 Å². The first-order valence-electron chi connectivity index (χ1n) is 11.3. The Balaban J connectivity index is 1.31. The minimum absolute atomic E-state index is 0.118. The summed E-state index contributed by atoms with van der Waals surface area (Å²) in [6, 6.07) is 12.1. The fraction of sp³-hybridized carbons (Fsp3) is 0.440. The molecule has 164 valence electrons. The smallest absolute Gasteiger partial charge is 0.309 e. The molecule has 0 saturated heterocycles. The van der Waals surface area contributed by atoms with Gasteiger partial charge in [-0.05, 0) is 61.8 Å². The Morgan fingerprint density at radius 1 is 1.00 bits per heavy atom. The molecule has 1 aliphatic carbocycles. The lowest BCUT2D eigenvalue weighted by atomic mass is 9.97. The number of nitrogens with one attached hydrogen (secondary N) is 2. The first-order chi connectivity index (χ1) is 15.2. The molecular formula is C25H31N3O3. The van der Waals surface area contributed by atoms with Gasteiger partial charge in [0.25, 0.3) is 0 Å². The number of allylic oxidation sites excluding steroid dienone is 1. The SMILES string of the molecule is O=C(NCCC1=CCCCC1)C(=O)NC[C@@H](c1ccco1)N1CCc2ccccc2C1. The molecule has 0 fully saturated rings. The molecular weight excluding hydrogens is 390 g/mol. The van der Waals surface area contributed by atoms with E-state index in [1.165, 1.54) is 29.5 Å². The van der Waals surface area contributed by atoms with Gasteiger partial charge in [0, 0.05) is 26.2 Å². The fourth-order valence-electron chi connectivity index (χ4n) is 4.49. The Labute approximate surface area is 183 Å². The molecule has 0 radical (unpaired) electrons. The molecule has 2 N–H and O–H groups in total. The summed E-state index contributed by atoms with van der Waals surface area (Å²) in [5, 5.41) is 5.57. The third-order valence-corrected chi connectivity index (χ3v) is 6.25. The minimum atomic E-state index is -0.591. The monoisotopic (exact) mass is 421 g/mol. The van der Waals surface area contributed by atoms with Crippen LogP contribution in [0.3, 0.4) is 0 Å². The molecule has 31 heavy (non-hydrogen) atoms. The van der Waals surface area contributed by atoms with Crippen molar-refractivity contribution in [2.45, 2.75) is 51.1 Å². The predicted molar refractivity (Wildman–Crippen MR) is 119 cm³/mol. The van der Waals surface area contributed by atoms with E-state index in [9.17, 15) is 9.59 Å². The van der Waals surface area contributed by atoms with E-state index < -0.39 is 11.8 Å². The van der Waals surface area contributed by atoms with E-state index in [0.717, 1.165) is 44.5 Å². The number of furan rings is 1. The van der Waals surface area contributed by atoms with Gasteiger partial charge >= 0.3 is 11.8 Å². The number of rotatable bonds is 7. The van der Waals surface area contributed by atoms with Crippen molar-refractivity contribution < 1.29 is 14.0 Å². The van der Waals surface area contributed by atoms with Crippen LogP contribution >= 0.6 is 0 Å². The molecule has 1 aromatic heterocycles. The molecule has 1 atom stereocenters. The van der Waals surface area contributed by atoms with Crippen LogP contribution < -0.4 is 10.6 Å². The maximum atomic E-state index is 12.4. The number of nitrogens with zero attached hydrogens (tertiary/aromatic N) is 1. The van der Waals surface area contributed by atoms with Gasteiger partial charge < -0.3 is 15.1 Å². The van der Waals surface area contributed by atoms with Crippen molar-refractivity contribution in [2.75, 3.05) is 19.6 Å². The van der Waals surface area contributed by atoms with Crippen LogP contribution in [0, 0.1) is 0 Å². The van der Waals surface area contributed by atoms with Crippen LogP contribution in [0.1, 0.15) is 55.0 Å². The second kappa shape index (κ2) is 10.4. The van der Waals surface area contributed by atoms with Gasteiger partial charge in [-0.25, -0.2) is 0 Å². The van der Waals surface area contributed by atoms with Gasteiger partial charge in [0.1, 0.15) is 5.76 Å². The molecule has 0 unspecified atom stereocenters. The summed E-state index contributed by atoms with van der Waals surface area (Å²) >= 11 is 0. The molecule has 2 amide bonds. The topological polar surface area (TPSA) is 74.6 Å². The van der Waals surface area contributed by atoms with Crippen molar-refractivity contribution in [3.8, 4) is 0 Å². The normalized spacial score (nSPS) is 17.4. The summed E-state index contributed by atoms with van der Waals surface area (Å²) in [5.74, 6) is -0.366. The zero-order valence-corrected chi connectivity index (χ0v) is 17.9. The van der Waals surface area contributed by atoms with Crippen LogP contribution in [0.25, 0.3) is 0 Å². The summed E-state index contributed by atoms with van der Waals surface area (Å²) in [4.78, 5) is 26.9. The van der Waals surface area contributed by atoms with E-state index in [4.69, 9.17) is 4.42 Å². The summed E-state index contributed by atoms with van der Waals surface area (Å²) in [7, 11) is 0. The number of benzene rings is 1. The molecule has 1 aromatic carbocycles. The second-order valence-corrected chi connectivity index (χ2v) is 8.34. The van der Waals surface area contributed by atoms with E-state index in [1.54, 1.807) is 6.26 Å². The molecule has 4 rings (SSSR count). The van der Waals surface area contributed by atoms with Crippen molar-refractivity contribution in [2.24, 2.45) is 0 Å². The lowest BCUT2D eigenvalue weighted by Crippen LogP contribution is -2.45. The Morgan fingerprint density at radius 2 is 1.84 bits per heavy atom. The average Bonchev–Trinajstić information content (AvgIpc) is 3.34. The molecule has 2 aliphatic rings. The summed E-state index contributed by atoms with van der Waals surface area (Å²) < 4.78 is 5.66. The standard InChI is InChI=1S/C25H31N3O3/c29-24(26-14-12-19-7-2-1-3-8-19)25(30)27-17-22(23-11-6-16-31-23)28-15-13-20-9-4-5-10-21(20)18-28/h4-7,9-11,16,22H,1-3,8,12-15,17-18H2,(H,26,29)(H,27,30)/t22-/m0/s1. The highest BCUT2D eigenvalue weighted by Crippen LogP contribution is 2.28. The van der Waals surface area contributed by atoms with Crippen molar-refractivity contribution in [3.05, 3.63) is 71.2 Å². The number of hydrogen-bond donors (Lipinski definition) is 2. The highest BCUT2D eigenvalue weighted by atomic mass is 16.3. The predicted octanol–water partition coefficient (Wildman–Crippen LogP) is 3.50. The van der Waals surface area contributed by atoms with Crippen molar-refractivity contribution in [1.82, 2.24) is 15.5 Å². The first kappa shape index (κ1) is 21.4. The van der Waals surface area contributed by atoms with Crippen molar-refractivity contribution in [3.63, 3.8) is 0 Å². The van der Waals surface area contributed by atoms with Crippen molar-refractivity contribution in [1.29, 1.82) is 0 Å². The average molecular weight is 422 g/mol. The van der Waals surface area contributed by atoms with Gasteiger partial charge in [0.2, 0.25) is 0 Å². The molecule has 0 saturated carbocycles. The Kier molecular flexibility index (Phi) is 7.20. The molecule has 1 aliphatic heterocycles. The zero-order chi connectivity index (χ0) is 21.5. The third kappa shape index (κ3) is 5.64. The summed E-state index contributed by atoms with van der Waals surface area (Å²) in [5.41, 5.74) is 4.05. The number of amides is 2. The zero-order valence-electron chi connectivity index (χ0n) is 17.9. The molecule has 0 bridgehead atoms. The van der Waals surface area contributed by atoms with E-state index in [2.05, 4.69) is 45.9 Å². The van der Waals surface area contributed by atoms with Gasteiger partial charge in [-0.15, -0.1) is 0 Å². The van der Waals surface area contributed by atoms with Crippen LogP contribution in [-0.4, -0.2) is 36.3 Å². The van der Waals surface area contributed by atoms with Gasteiger partial charge in [-0.3, -0.25) is 14.5 Å². The molecule has 6 heteroatoms. The van der Waals surface area contributed by atoms with Crippen LogP contribution in [0.5, 0.6) is 0 Å². The number of fused-ring (bicyclic) bond motifs is 1. The molecule has 2 aromatic rings. The minimum Gasteiger partial charge on any atom is -0.468 e. The first-order valence-corrected chi connectivity index (χ1v) is 11.3. The summed E-state index contributed by atoms with van der Waals surface area (Å²) in [6.07, 6.45) is 10.4. The second-order valence-electron chi connectivity index (χ2n) is 8.34. The van der Waals surface area contributed by atoms with Crippen molar-refractivity contribution >= 4 is 11.8 Å². The Morgan fingerprint density at radius 3 is 2.61 bits per heavy atom. The van der Waals surface area contributed by atoms with Gasteiger partial charge in [0.15, 0.2) is 0 Å². The van der Waals surface area contributed by atoms with E-state index >= 15 is 0 Å². The Hall–Kier alpha value is -2.86. The molecule has 2 heterocycles.